The summed E-state index contributed by atoms with van der Waals surface area (Å²) in [7, 11) is -1.54. The van der Waals surface area contributed by atoms with Crippen molar-refractivity contribution in [3.63, 3.8) is 0 Å². The first-order valence-electron chi connectivity index (χ1n) is 8.81. The second-order valence-corrected chi connectivity index (χ2v) is 9.38. The van der Waals surface area contributed by atoms with Crippen molar-refractivity contribution in [2.45, 2.75) is 4.90 Å². The zero-order valence-electron chi connectivity index (χ0n) is 15.5. The zero-order chi connectivity index (χ0) is 20.1. The largest absolute Gasteiger partial charge is 0.484 e. The van der Waals surface area contributed by atoms with Crippen molar-refractivity contribution in [1.29, 1.82) is 0 Å². The maximum absolute atomic E-state index is 12.7. The number of carbonyl (C=O) groups is 1. The average molecular weight is 468 g/mol. The number of hydrogen-bond donors (Lipinski definition) is 1. The molecule has 1 aliphatic heterocycles. The molecule has 0 aromatic heterocycles. The SMILES string of the molecule is CN1CCN(S(=O)(=O)c2ccc(NC(=O)COc3ccc(Br)cc3)cc2)CC1. The molecule has 2 aromatic rings. The second kappa shape index (κ2) is 9.04. The Labute approximate surface area is 173 Å². The molecule has 2 aromatic carbocycles. The number of sulfonamides is 1. The van der Waals surface area contributed by atoms with Gasteiger partial charge in [-0.25, -0.2) is 8.42 Å². The van der Waals surface area contributed by atoms with E-state index in [4.69, 9.17) is 4.74 Å². The van der Waals surface area contributed by atoms with Gasteiger partial charge in [0.2, 0.25) is 10.0 Å². The highest BCUT2D eigenvalue weighted by Crippen LogP contribution is 2.20. The van der Waals surface area contributed by atoms with Crippen LogP contribution in [0.3, 0.4) is 0 Å². The van der Waals surface area contributed by atoms with Crippen molar-refractivity contribution in [2.75, 3.05) is 45.2 Å². The molecule has 1 aliphatic rings. The van der Waals surface area contributed by atoms with Gasteiger partial charge < -0.3 is 15.0 Å². The number of carbonyl (C=O) groups excluding carboxylic acids is 1. The predicted octanol–water partition coefficient (Wildman–Crippen LogP) is 2.40. The van der Waals surface area contributed by atoms with Gasteiger partial charge in [0, 0.05) is 36.3 Å². The molecule has 7 nitrogen and oxygen atoms in total. The molecule has 1 amide bonds. The molecule has 1 saturated heterocycles. The van der Waals surface area contributed by atoms with Crippen LogP contribution in [0.2, 0.25) is 0 Å². The molecule has 9 heteroatoms. The second-order valence-electron chi connectivity index (χ2n) is 6.52. The van der Waals surface area contributed by atoms with E-state index in [0.717, 1.165) is 4.47 Å². The number of piperazine rings is 1. The summed E-state index contributed by atoms with van der Waals surface area (Å²) in [6.07, 6.45) is 0. The molecule has 1 heterocycles. The van der Waals surface area contributed by atoms with Crippen molar-refractivity contribution in [3.05, 3.63) is 53.0 Å². The van der Waals surface area contributed by atoms with Gasteiger partial charge in [0.15, 0.2) is 6.61 Å². The van der Waals surface area contributed by atoms with Gasteiger partial charge >= 0.3 is 0 Å². The van der Waals surface area contributed by atoms with E-state index in [1.165, 1.54) is 16.4 Å². The monoisotopic (exact) mass is 467 g/mol. The number of hydrogen-bond acceptors (Lipinski definition) is 5. The summed E-state index contributed by atoms with van der Waals surface area (Å²) in [5, 5.41) is 2.70. The van der Waals surface area contributed by atoms with E-state index in [2.05, 4.69) is 26.1 Å². The first-order valence-corrected chi connectivity index (χ1v) is 11.0. The van der Waals surface area contributed by atoms with Crippen LogP contribution in [-0.4, -0.2) is 63.4 Å². The molecule has 0 saturated carbocycles. The maximum Gasteiger partial charge on any atom is 0.262 e. The summed E-state index contributed by atoms with van der Waals surface area (Å²) in [6, 6.07) is 13.4. The van der Waals surface area contributed by atoms with Crippen LogP contribution in [0.5, 0.6) is 5.75 Å². The summed E-state index contributed by atoms with van der Waals surface area (Å²) in [5.41, 5.74) is 0.515. The van der Waals surface area contributed by atoms with Crippen molar-refractivity contribution in [1.82, 2.24) is 9.21 Å². The first kappa shape index (κ1) is 20.8. The molecule has 1 fully saturated rings. The number of rotatable bonds is 6. The van der Waals surface area contributed by atoms with Crippen LogP contribution in [-0.2, 0) is 14.8 Å². The van der Waals surface area contributed by atoms with Gasteiger partial charge in [0.1, 0.15) is 5.75 Å². The van der Waals surface area contributed by atoms with Gasteiger partial charge in [-0.15, -0.1) is 0 Å². The quantitative estimate of drug-likeness (QED) is 0.705. The van der Waals surface area contributed by atoms with Crippen LogP contribution in [0.4, 0.5) is 5.69 Å². The molecule has 1 N–H and O–H groups in total. The topological polar surface area (TPSA) is 79.0 Å². The number of anilines is 1. The van der Waals surface area contributed by atoms with Crippen LogP contribution in [0.1, 0.15) is 0 Å². The van der Waals surface area contributed by atoms with Crippen LogP contribution in [0.15, 0.2) is 57.9 Å². The van der Waals surface area contributed by atoms with Crippen molar-refractivity contribution >= 4 is 37.5 Å². The van der Waals surface area contributed by atoms with Gasteiger partial charge in [0.05, 0.1) is 4.90 Å². The van der Waals surface area contributed by atoms with E-state index < -0.39 is 10.0 Å². The number of nitrogens with zero attached hydrogens (tertiary/aromatic N) is 2. The minimum absolute atomic E-state index is 0.136. The first-order chi connectivity index (χ1) is 13.3. The zero-order valence-corrected chi connectivity index (χ0v) is 17.9. The Morgan fingerprint density at radius 3 is 2.25 bits per heavy atom. The van der Waals surface area contributed by atoms with E-state index in [9.17, 15) is 13.2 Å². The van der Waals surface area contributed by atoms with Gasteiger partial charge in [-0.05, 0) is 55.6 Å². The Morgan fingerprint density at radius 2 is 1.64 bits per heavy atom. The van der Waals surface area contributed by atoms with E-state index >= 15 is 0 Å². The number of benzene rings is 2. The Morgan fingerprint density at radius 1 is 1.04 bits per heavy atom. The third kappa shape index (κ3) is 5.32. The summed E-state index contributed by atoms with van der Waals surface area (Å²) < 4.78 is 33.3. The fourth-order valence-corrected chi connectivity index (χ4v) is 4.45. The third-order valence-electron chi connectivity index (χ3n) is 4.42. The van der Waals surface area contributed by atoms with Crippen LogP contribution in [0, 0.1) is 0 Å². The normalized spacial score (nSPS) is 15.9. The van der Waals surface area contributed by atoms with Crippen molar-refractivity contribution in [2.24, 2.45) is 0 Å². The standard InChI is InChI=1S/C19H22BrN3O4S/c1-22-10-12-23(13-11-22)28(25,26)18-8-4-16(5-9-18)21-19(24)14-27-17-6-2-15(20)3-7-17/h2-9H,10-14H2,1H3,(H,21,24). The summed E-state index contributed by atoms with van der Waals surface area (Å²) in [6.45, 7) is 2.25. The lowest BCUT2D eigenvalue weighted by atomic mass is 10.3. The van der Waals surface area contributed by atoms with Gasteiger partial charge in [-0.3, -0.25) is 4.79 Å². The van der Waals surface area contributed by atoms with Crippen LogP contribution < -0.4 is 10.1 Å². The molecule has 28 heavy (non-hydrogen) atoms. The summed E-state index contributed by atoms with van der Waals surface area (Å²) in [4.78, 5) is 14.4. The molecule has 150 valence electrons. The molecule has 0 radical (unpaired) electrons. The Balaban J connectivity index is 1.56. The molecule has 0 atom stereocenters. The van der Waals surface area contributed by atoms with Gasteiger partial charge in [0.25, 0.3) is 5.91 Å². The van der Waals surface area contributed by atoms with Crippen molar-refractivity contribution < 1.29 is 17.9 Å². The summed E-state index contributed by atoms with van der Waals surface area (Å²) in [5.74, 6) is 0.268. The number of nitrogens with one attached hydrogen (secondary N) is 1. The highest BCUT2D eigenvalue weighted by molar-refractivity contribution is 9.10. The van der Waals surface area contributed by atoms with Crippen LogP contribution in [0.25, 0.3) is 0 Å². The van der Waals surface area contributed by atoms with E-state index in [0.29, 0.717) is 37.6 Å². The number of amides is 1. The average Bonchev–Trinajstić information content (AvgIpc) is 2.68. The Bertz CT molecular complexity index is 909. The molecule has 0 unspecified atom stereocenters. The van der Waals surface area contributed by atoms with E-state index in [-0.39, 0.29) is 17.4 Å². The molecule has 0 bridgehead atoms. The van der Waals surface area contributed by atoms with Crippen LogP contribution >= 0.6 is 15.9 Å². The number of ether oxygens (including phenoxy) is 1. The lowest BCUT2D eigenvalue weighted by molar-refractivity contribution is -0.118. The molecule has 0 aliphatic carbocycles. The Hall–Kier alpha value is -1.94. The third-order valence-corrected chi connectivity index (χ3v) is 6.86. The number of likely N-dealkylation sites (N-methyl/N-ethyl adjacent to an activating group) is 1. The predicted molar refractivity (Wildman–Crippen MR) is 111 cm³/mol. The maximum atomic E-state index is 12.7. The van der Waals surface area contributed by atoms with Crippen molar-refractivity contribution in [3.8, 4) is 5.75 Å². The lowest BCUT2D eigenvalue weighted by Crippen LogP contribution is -2.46. The summed E-state index contributed by atoms with van der Waals surface area (Å²) >= 11 is 3.33. The van der Waals surface area contributed by atoms with Gasteiger partial charge in [-0.2, -0.15) is 4.31 Å². The van der Waals surface area contributed by atoms with E-state index in [1.54, 1.807) is 24.3 Å². The van der Waals surface area contributed by atoms with Gasteiger partial charge in [-0.1, -0.05) is 15.9 Å². The van der Waals surface area contributed by atoms with E-state index in [1.807, 2.05) is 19.2 Å². The lowest BCUT2D eigenvalue weighted by Gasteiger charge is -2.31. The minimum Gasteiger partial charge on any atom is -0.484 e. The number of halogens is 1. The fraction of sp³-hybridized carbons (Fsp3) is 0.316. The molecule has 0 spiro atoms. The highest BCUT2D eigenvalue weighted by Gasteiger charge is 2.27. The minimum atomic E-state index is -3.52. The fourth-order valence-electron chi connectivity index (χ4n) is 2.76. The molecular weight excluding hydrogens is 446 g/mol. The Kier molecular flexibility index (Phi) is 6.71. The molecule has 3 rings (SSSR count). The smallest absolute Gasteiger partial charge is 0.262 e. The molecular formula is C19H22BrN3O4S. The highest BCUT2D eigenvalue weighted by atomic mass is 79.9.